The number of ether oxygens (including phenoxy) is 1. The van der Waals surface area contributed by atoms with E-state index >= 15 is 0 Å². The maximum absolute atomic E-state index is 5.88. The molecule has 2 aromatic rings. The summed E-state index contributed by atoms with van der Waals surface area (Å²) >= 11 is 5.88. The zero-order valence-corrected chi connectivity index (χ0v) is 9.19. The van der Waals surface area contributed by atoms with Crippen molar-refractivity contribution in [2.75, 3.05) is 0 Å². The zero-order valence-electron chi connectivity index (χ0n) is 8.43. The van der Waals surface area contributed by atoms with Crippen molar-refractivity contribution >= 4 is 11.6 Å². The molecule has 16 heavy (non-hydrogen) atoms. The molecule has 0 aliphatic heterocycles. The van der Waals surface area contributed by atoms with Gasteiger partial charge in [-0.25, -0.2) is 9.97 Å². The van der Waals surface area contributed by atoms with Crippen LogP contribution in [-0.4, -0.2) is 9.97 Å². The highest BCUT2D eigenvalue weighted by atomic mass is 35.5. The van der Waals surface area contributed by atoms with Gasteiger partial charge < -0.3 is 10.5 Å². The Morgan fingerprint density at radius 1 is 1.25 bits per heavy atom. The molecule has 0 saturated heterocycles. The molecule has 0 saturated carbocycles. The van der Waals surface area contributed by atoms with Crippen LogP contribution in [0.15, 0.2) is 36.7 Å². The summed E-state index contributed by atoms with van der Waals surface area (Å²) < 4.78 is 5.49. The lowest BCUT2D eigenvalue weighted by Gasteiger charge is -2.08. The molecular weight excluding hydrogens is 226 g/mol. The highest BCUT2D eigenvalue weighted by molar-refractivity contribution is 6.30. The first-order chi connectivity index (χ1) is 7.79. The third-order valence-electron chi connectivity index (χ3n) is 1.99. The second kappa shape index (κ2) is 4.92. The Kier molecular flexibility index (Phi) is 3.34. The molecule has 1 heterocycles. The van der Waals surface area contributed by atoms with Crippen molar-refractivity contribution in [1.29, 1.82) is 0 Å². The van der Waals surface area contributed by atoms with E-state index < -0.39 is 0 Å². The molecule has 1 aromatic carbocycles. The molecule has 0 spiro atoms. The first-order valence-electron chi connectivity index (χ1n) is 4.73. The highest BCUT2D eigenvalue weighted by Gasteiger charge is 2.05. The fourth-order valence-electron chi connectivity index (χ4n) is 1.23. The van der Waals surface area contributed by atoms with Crippen LogP contribution in [0.5, 0.6) is 11.8 Å². The smallest absolute Gasteiger partial charge is 0.321 e. The number of nitrogens with two attached hydrogens (primary N) is 1. The van der Waals surface area contributed by atoms with E-state index in [0.29, 0.717) is 17.3 Å². The third-order valence-corrected chi connectivity index (χ3v) is 2.23. The maximum Gasteiger partial charge on any atom is 0.321 e. The Bertz CT molecular complexity index is 476. The molecule has 5 heteroatoms. The summed E-state index contributed by atoms with van der Waals surface area (Å²) in [6, 6.07) is 7.28. The topological polar surface area (TPSA) is 61.0 Å². The van der Waals surface area contributed by atoms with Gasteiger partial charge in [0.05, 0.1) is 0 Å². The zero-order chi connectivity index (χ0) is 11.4. The summed E-state index contributed by atoms with van der Waals surface area (Å²) in [5, 5.41) is 0.586. The van der Waals surface area contributed by atoms with Gasteiger partial charge in [0.25, 0.3) is 0 Å². The van der Waals surface area contributed by atoms with Crippen molar-refractivity contribution in [3.05, 3.63) is 47.2 Å². The molecule has 0 fully saturated rings. The van der Waals surface area contributed by atoms with Crippen LogP contribution in [0.25, 0.3) is 0 Å². The molecule has 0 aliphatic carbocycles. The molecular formula is C11H10ClN3O. The molecule has 2 N–H and O–H groups in total. The van der Waals surface area contributed by atoms with Gasteiger partial charge in [-0.1, -0.05) is 17.7 Å². The lowest BCUT2D eigenvalue weighted by molar-refractivity contribution is 0.436. The fourth-order valence-corrected chi connectivity index (χ4v) is 1.39. The predicted molar refractivity (Wildman–Crippen MR) is 61.4 cm³/mol. The van der Waals surface area contributed by atoms with E-state index in [2.05, 4.69) is 9.97 Å². The molecule has 4 nitrogen and oxygen atoms in total. The Morgan fingerprint density at radius 2 is 2.00 bits per heavy atom. The van der Waals surface area contributed by atoms with E-state index in [0.717, 1.165) is 5.56 Å². The third kappa shape index (κ3) is 2.48. The minimum atomic E-state index is 0.277. The highest BCUT2D eigenvalue weighted by Crippen LogP contribution is 2.26. The van der Waals surface area contributed by atoms with Crippen LogP contribution in [-0.2, 0) is 6.54 Å². The van der Waals surface area contributed by atoms with Crippen LogP contribution < -0.4 is 10.5 Å². The van der Waals surface area contributed by atoms with Crippen molar-refractivity contribution in [2.45, 2.75) is 6.54 Å². The minimum absolute atomic E-state index is 0.277. The van der Waals surface area contributed by atoms with Gasteiger partial charge in [0.1, 0.15) is 5.75 Å². The van der Waals surface area contributed by atoms with Gasteiger partial charge in [-0.05, 0) is 18.2 Å². The van der Waals surface area contributed by atoms with E-state index in [9.17, 15) is 0 Å². The lowest BCUT2D eigenvalue weighted by atomic mass is 10.2. The standard InChI is InChI=1S/C11H10ClN3O/c12-9-3-2-8(7-13)10(6-9)16-11-14-4-1-5-15-11/h1-6H,7,13H2. The van der Waals surface area contributed by atoms with E-state index in [1.54, 1.807) is 30.6 Å². The van der Waals surface area contributed by atoms with Gasteiger partial charge in [0, 0.05) is 29.5 Å². The Labute approximate surface area is 98.0 Å². The molecule has 2 rings (SSSR count). The summed E-state index contributed by atoms with van der Waals surface area (Å²) in [4.78, 5) is 7.92. The number of hydrogen-bond donors (Lipinski definition) is 1. The van der Waals surface area contributed by atoms with E-state index in [1.807, 2.05) is 6.07 Å². The molecule has 0 atom stereocenters. The predicted octanol–water partition coefficient (Wildman–Crippen LogP) is 2.38. The van der Waals surface area contributed by atoms with Crippen LogP contribution in [0.3, 0.4) is 0 Å². The first kappa shape index (κ1) is 10.9. The van der Waals surface area contributed by atoms with Gasteiger partial charge in [-0.3, -0.25) is 0 Å². The SMILES string of the molecule is NCc1ccc(Cl)cc1Oc1ncccn1. The van der Waals surface area contributed by atoms with Gasteiger partial charge in [0.2, 0.25) is 0 Å². The monoisotopic (exact) mass is 235 g/mol. The normalized spacial score (nSPS) is 10.1. The van der Waals surface area contributed by atoms with Crippen LogP contribution in [0.2, 0.25) is 5.02 Å². The summed E-state index contributed by atoms with van der Waals surface area (Å²) in [6.45, 7) is 0.374. The van der Waals surface area contributed by atoms with Crippen molar-refractivity contribution < 1.29 is 4.74 Å². The van der Waals surface area contributed by atoms with Crippen molar-refractivity contribution in [3.63, 3.8) is 0 Å². The van der Waals surface area contributed by atoms with Crippen LogP contribution in [0.1, 0.15) is 5.56 Å². The molecule has 0 amide bonds. The van der Waals surface area contributed by atoms with Crippen LogP contribution >= 0.6 is 11.6 Å². The fraction of sp³-hybridized carbons (Fsp3) is 0.0909. The molecule has 0 radical (unpaired) electrons. The quantitative estimate of drug-likeness (QED) is 0.887. The molecule has 0 bridgehead atoms. The number of benzene rings is 1. The van der Waals surface area contributed by atoms with Crippen molar-refractivity contribution in [1.82, 2.24) is 9.97 Å². The van der Waals surface area contributed by atoms with Gasteiger partial charge in [0.15, 0.2) is 0 Å². The van der Waals surface area contributed by atoms with E-state index in [-0.39, 0.29) is 6.01 Å². The number of hydrogen-bond acceptors (Lipinski definition) is 4. The Hall–Kier alpha value is -1.65. The number of aromatic nitrogens is 2. The molecule has 0 aliphatic rings. The molecule has 1 aromatic heterocycles. The lowest BCUT2D eigenvalue weighted by Crippen LogP contribution is -2.00. The first-order valence-corrected chi connectivity index (χ1v) is 5.11. The summed E-state index contributed by atoms with van der Waals surface area (Å²) in [5.41, 5.74) is 6.45. The Balaban J connectivity index is 2.30. The average molecular weight is 236 g/mol. The second-order valence-electron chi connectivity index (χ2n) is 3.09. The number of rotatable bonds is 3. The maximum atomic E-state index is 5.88. The summed E-state index contributed by atoms with van der Waals surface area (Å²) in [5.74, 6) is 0.584. The van der Waals surface area contributed by atoms with E-state index in [1.165, 1.54) is 0 Å². The number of halogens is 1. The second-order valence-corrected chi connectivity index (χ2v) is 3.53. The minimum Gasteiger partial charge on any atom is -0.424 e. The molecule has 82 valence electrons. The summed E-state index contributed by atoms with van der Waals surface area (Å²) in [7, 11) is 0. The van der Waals surface area contributed by atoms with E-state index in [4.69, 9.17) is 22.1 Å². The Morgan fingerprint density at radius 3 is 2.69 bits per heavy atom. The van der Waals surface area contributed by atoms with Gasteiger partial charge in [-0.2, -0.15) is 0 Å². The summed E-state index contributed by atoms with van der Waals surface area (Å²) in [6.07, 6.45) is 3.21. The van der Waals surface area contributed by atoms with Gasteiger partial charge in [-0.15, -0.1) is 0 Å². The van der Waals surface area contributed by atoms with Crippen molar-refractivity contribution in [3.8, 4) is 11.8 Å². The van der Waals surface area contributed by atoms with Crippen molar-refractivity contribution in [2.24, 2.45) is 5.73 Å². The molecule has 0 unspecified atom stereocenters. The van der Waals surface area contributed by atoms with Crippen LogP contribution in [0.4, 0.5) is 0 Å². The van der Waals surface area contributed by atoms with Crippen LogP contribution in [0, 0.1) is 0 Å². The van der Waals surface area contributed by atoms with Gasteiger partial charge >= 0.3 is 6.01 Å². The average Bonchev–Trinajstić information content (AvgIpc) is 2.31. The largest absolute Gasteiger partial charge is 0.424 e. The number of nitrogens with zero attached hydrogens (tertiary/aromatic N) is 2.